The average molecular weight is 371 g/mol. The Hall–Kier alpha value is -1.96. The highest BCUT2D eigenvalue weighted by Crippen LogP contribution is 2.28. The molecule has 2 atom stereocenters. The summed E-state index contributed by atoms with van der Waals surface area (Å²) in [5.41, 5.74) is 7.38. The van der Waals surface area contributed by atoms with E-state index in [9.17, 15) is 13.2 Å². The number of alkyl halides is 3. The van der Waals surface area contributed by atoms with Crippen LogP contribution < -0.4 is 16.5 Å². The van der Waals surface area contributed by atoms with Gasteiger partial charge in [-0.05, 0) is 44.3 Å². The van der Waals surface area contributed by atoms with Crippen molar-refractivity contribution >= 4 is 5.71 Å². The molecule has 0 amide bonds. The van der Waals surface area contributed by atoms with E-state index in [1.54, 1.807) is 6.08 Å². The lowest BCUT2D eigenvalue weighted by atomic mass is 9.87. The summed E-state index contributed by atoms with van der Waals surface area (Å²) >= 11 is 0. The molecule has 0 radical (unpaired) electrons. The molecule has 0 aromatic carbocycles. The van der Waals surface area contributed by atoms with Crippen LogP contribution >= 0.6 is 0 Å². The summed E-state index contributed by atoms with van der Waals surface area (Å²) in [4.78, 5) is 2.31. The molecule has 3 aliphatic rings. The molecule has 144 valence electrons. The molecule has 26 heavy (non-hydrogen) atoms. The van der Waals surface area contributed by atoms with E-state index in [1.807, 2.05) is 0 Å². The van der Waals surface area contributed by atoms with Crippen LogP contribution in [0.5, 0.6) is 0 Å². The summed E-state index contributed by atoms with van der Waals surface area (Å²) in [6.07, 6.45) is 3.69. The Morgan fingerprint density at radius 1 is 1.23 bits per heavy atom. The normalized spacial score (nSPS) is 27.2. The van der Waals surface area contributed by atoms with Gasteiger partial charge in [-0.3, -0.25) is 10.1 Å². The van der Waals surface area contributed by atoms with Gasteiger partial charge in [0.1, 0.15) is 0 Å². The SMILES string of the molecule is NC1=CCC(OC(F)(F)F)C=C1C(=[NH2+])C1C=C(N2CCCCC2)NCC1. The first-order chi connectivity index (χ1) is 12.3. The van der Waals surface area contributed by atoms with Crippen LogP contribution in [0.4, 0.5) is 13.2 Å². The van der Waals surface area contributed by atoms with Crippen molar-refractivity contribution in [3.63, 3.8) is 0 Å². The number of nitrogens with zero attached hydrogens (tertiary/aromatic N) is 1. The Morgan fingerprint density at radius 3 is 2.65 bits per heavy atom. The topological polar surface area (TPSA) is 76.1 Å². The Kier molecular flexibility index (Phi) is 5.60. The molecule has 0 bridgehead atoms. The summed E-state index contributed by atoms with van der Waals surface area (Å²) in [6.45, 7) is 2.79. The predicted octanol–water partition coefficient (Wildman–Crippen LogP) is 1.20. The van der Waals surface area contributed by atoms with Crippen LogP contribution in [0.1, 0.15) is 32.1 Å². The molecule has 1 fully saturated rings. The van der Waals surface area contributed by atoms with Gasteiger partial charge in [0.25, 0.3) is 0 Å². The van der Waals surface area contributed by atoms with Crippen molar-refractivity contribution in [2.75, 3.05) is 19.6 Å². The number of nitrogens with two attached hydrogens (primary N) is 2. The molecule has 5 N–H and O–H groups in total. The van der Waals surface area contributed by atoms with Crippen molar-refractivity contribution in [3.05, 3.63) is 35.3 Å². The number of hydrogen-bond donors (Lipinski definition) is 3. The molecular formula is C18H26F3N4O+. The van der Waals surface area contributed by atoms with Crippen LogP contribution in [-0.4, -0.2) is 42.7 Å². The van der Waals surface area contributed by atoms with Gasteiger partial charge >= 0.3 is 6.36 Å². The number of halogens is 3. The zero-order valence-electron chi connectivity index (χ0n) is 14.7. The Morgan fingerprint density at radius 2 is 1.96 bits per heavy atom. The van der Waals surface area contributed by atoms with Gasteiger partial charge in [0.05, 0.1) is 23.4 Å². The Balaban J connectivity index is 1.75. The molecule has 0 saturated carbocycles. The lowest BCUT2D eigenvalue weighted by molar-refractivity contribution is -0.336. The van der Waals surface area contributed by atoms with Crippen LogP contribution in [0, 0.1) is 5.92 Å². The third kappa shape index (κ3) is 4.60. The maximum atomic E-state index is 12.5. The van der Waals surface area contributed by atoms with Gasteiger partial charge in [-0.1, -0.05) is 6.08 Å². The number of piperidine rings is 1. The van der Waals surface area contributed by atoms with Crippen molar-refractivity contribution in [3.8, 4) is 0 Å². The number of rotatable bonds is 4. The smallest absolute Gasteiger partial charge is 0.398 e. The van der Waals surface area contributed by atoms with E-state index in [-0.39, 0.29) is 12.3 Å². The molecule has 8 heteroatoms. The molecule has 1 saturated heterocycles. The van der Waals surface area contributed by atoms with Crippen LogP contribution in [0.15, 0.2) is 35.3 Å². The second-order valence-corrected chi connectivity index (χ2v) is 6.95. The standard InChI is InChI=1S/C18H25F3N4O/c19-18(20,21)26-13-4-5-15(22)14(11-13)17(23)12-6-7-24-16(10-12)25-8-2-1-3-9-25/h5,10-13,23-24H,1-4,6-9,22H2/p+1. The zero-order valence-corrected chi connectivity index (χ0v) is 14.7. The summed E-state index contributed by atoms with van der Waals surface area (Å²) in [6, 6.07) is 0. The summed E-state index contributed by atoms with van der Waals surface area (Å²) in [5.74, 6) is 1.00. The molecule has 0 spiro atoms. The van der Waals surface area contributed by atoms with Gasteiger partial charge < -0.3 is 16.0 Å². The molecule has 3 rings (SSSR count). The van der Waals surface area contributed by atoms with Crippen molar-refractivity contribution in [2.45, 2.75) is 44.6 Å². The predicted molar refractivity (Wildman–Crippen MR) is 92.4 cm³/mol. The molecule has 1 aliphatic carbocycles. The van der Waals surface area contributed by atoms with Gasteiger partial charge in [-0.25, -0.2) is 0 Å². The second-order valence-electron chi connectivity index (χ2n) is 6.95. The van der Waals surface area contributed by atoms with E-state index < -0.39 is 12.5 Å². The number of nitrogens with one attached hydrogen (secondary N) is 1. The highest BCUT2D eigenvalue weighted by molar-refractivity contribution is 6.02. The number of likely N-dealkylation sites (tertiary alicyclic amines) is 1. The molecule has 2 aliphatic heterocycles. The van der Waals surface area contributed by atoms with Gasteiger partial charge in [0.2, 0.25) is 0 Å². The highest BCUT2D eigenvalue weighted by Gasteiger charge is 2.35. The molecule has 0 aromatic heterocycles. The first-order valence-electron chi connectivity index (χ1n) is 9.09. The fourth-order valence-electron chi connectivity index (χ4n) is 3.71. The molecule has 5 nitrogen and oxygen atoms in total. The van der Waals surface area contributed by atoms with E-state index in [1.165, 1.54) is 25.3 Å². The summed E-state index contributed by atoms with van der Waals surface area (Å²) in [5, 5.41) is 9.74. The van der Waals surface area contributed by atoms with Crippen molar-refractivity contribution in [1.82, 2.24) is 10.2 Å². The zero-order chi connectivity index (χ0) is 18.7. The van der Waals surface area contributed by atoms with Crippen LogP contribution in [0.2, 0.25) is 0 Å². The molecule has 0 aromatic rings. The highest BCUT2D eigenvalue weighted by atomic mass is 19.4. The third-order valence-electron chi connectivity index (χ3n) is 5.05. The van der Waals surface area contributed by atoms with E-state index >= 15 is 0 Å². The van der Waals surface area contributed by atoms with Gasteiger partial charge in [0, 0.05) is 25.3 Å². The second kappa shape index (κ2) is 7.73. The van der Waals surface area contributed by atoms with Crippen molar-refractivity contribution in [1.29, 1.82) is 0 Å². The molecular weight excluding hydrogens is 345 g/mol. The van der Waals surface area contributed by atoms with Gasteiger partial charge in [-0.15, -0.1) is 13.2 Å². The summed E-state index contributed by atoms with van der Waals surface area (Å²) < 4.78 is 41.7. The average Bonchev–Trinajstić information content (AvgIpc) is 2.62. The maximum Gasteiger partial charge on any atom is 0.523 e. The van der Waals surface area contributed by atoms with Crippen molar-refractivity contribution < 1.29 is 23.3 Å². The van der Waals surface area contributed by atoms with Crippen LogP contribution in [-0.2, 0) is 4.74 Å². The monoisotopic (exact) mass is 371 g/mol. The fraction of sp³-hybridized carbons (Fsp3) is 0.611. The minimum atomic E-state index is -4.68. The quantitative estimate of drug-likeness (QED) is 0.649. The van der Waals surface area contributed by atoms with Crippen LogP contribution in [0.3, 0.4) is 0 Å². The van der Waals surface area contributed by atoms with E-state index in [0.717, 1.165) is 31.9 Å². The molecule has 2 heterocycles. The molecule has 2 unspecified atom stereocenters. The lowest BCUT2D eigenvalue weighted by Gasteiger charge is -2.34. The lowest BCUT2D eigenvalue weighted by Crippen LogP contribution is -2.49. The van der Waals surface area contributed by atoms with E-state index in [0.29, 0.717) is 17.0 Å². The number of ether oxygens (including phenoxy) is 1. The minimum absolute atomic E-state index is 0.0592. The maximum absolute atomic E-state index is 12.5. The fourth-order valence-corrected chi connectivity index (χ4v) is 3.71. The Bertz CT molecular complexity index is 633. The van der Waals surface area contributed by atoms with Crippen LogP contribution in [0.25, 0.3) is 0 Å². The third-order valence-corrected chi connectivity index (χ3v) is 5.05. The van der Waals surface area contributed by atoms with Gasteiger partial charge in [-0.2, -0.15) is 0 Å². The number of hydrogen-bond acceptors (Lipinski definition) is 4. The largest absolute Gasteiger partial charge is 0.523 e. The minimum Gasteiger partial charge on any atom is -0.398 e. The van der Waals surface area contributed by atoms with Gasteiger partial charge in [0.15, 0.2) is 5.71 Å². The first kappa shape index (κ1) is 18.8. The van der Waals surface area contributed by atoms with Crippen molar-refractivity contribution in [2.24, 2.45) is 11.7 Å². The van der Waals surface area contributed by atoms with E-state index in [4.69, 9.17) is 11.1 Å². The first-order valence-corrected chi connectivity index (χ1v) is 9.09. The van der Waals surface area contributed by atoms with E-state index in [2.05, 4.69) is 21.0 Å². The Labute approximate surface area is 151 Å². The number of allylic oxidation sites excluding steroid dienone is 2. The summed E-state index contributed by atoms with van der Waals surface area (Å²) in [7, 11) is 0.